The van der Waals surface area contributed by atoms with Crippen molar-refractivity contribution in [2.45, 2.75) is 330 Å². The van der Waals surface area contributed by atoms with Gasteiger partial charge in [-0.3, -0.25) is 14.4 Å². The molecule has 2 atom stereocenters. The Bertz CT molecular complexity index is 1010. The fourth-order valence-electron chi connectivity index (χ4n) is 8.97. The van der Waals surface area contributed by atoms with Gasteiger partial charge in [0.1, 0.15) is 13.2 Å². The van der Waals surface area contributed by atoms with Gasteiger partial charge in [-0.05, 0) is 37.0 Å². The maximum absolute atomic E-state index is 12.9. The molecule has 0 saturated carbocycles. The van der Waals surface area contributed by atoms with Crippen LogP contribution in [-0.4, -0.2) is 37.2 Å². The van der Waals surface area contributed by atoms with Crippen LogP contribution in [0.5, 0.6) is 0 Å². The van der Waals surface area contributed by atoms with Crippen molar-refractivity contribution >= 4 is 17.9 Å². The second kappa shape index (κ2) is 50.3. The van der Waals surface area contributed by atoms with Crippen LogP contribution in [0.25, 0.3) is 0 Å². The molecule has 0 aromatic rings. The van der Waals surface area contributed by atoms with Gasteiger partial charge in [0.15, 0.2) is 6.10 Å². The van der Waals surface area contributed by atoms with Gasteiger partial charge in [-0.2, -0.15) is 0 Å². The first-order chi connectivity index (χ1) is 31.6. The zero-order valence-corrected chi connectivity index (χ0v) is 44.8. The third-order valence-electron chi connectivity index (χ3n) is 13.8. The monoisotopic (exact) mass is 919 g/mol. The van der Waals surface area contributed by atoms with Crippen molar-refractivity contribution < 1.29 is 28.6 Å². The van der Waals surface area contributed by atoms with E-state index in [2.05, 4.69) is 41.5 Å². The Labute approximate surface area is 406 Å². The zero-order chi connectivity index (χ0) is 47.7. The summed E-state index contributed by atoms with van der Waals surface area (Å²) in [7, 11) is 0. The molecule has 6 heteroatoms. The van der Waals surface area contributed by atoms with Crippen LogP contribution in [0.3, 0.4) is 0 Å². The van der Waals surface area contributed by atoms with Crippen LogP contribution in [0.4, 0.5) is 0 Å². The SMILES string of the molecule is CCC(C)CCCCCCCCCCCCCCCCC(=O)OC[C@@H](COC(=O)CCCCCCCCCCCC(C)C)OC(=O)CCCCCCCCCCCCCCCCC(C)C. The number of hydrogen-bond donors (Lipinski definition) is 0. The van der Waals surface area contributed by atoms with E-state index in [1.54, 1.807) is 0 Å². The smallest absolute Gasteiger partial charge is 0.306 e. The molecule has 6 nitrogen and oxygen atoms in total. The quantitative estimate of drug-likeness (QED) is 0.0344. The van der Waals surface area contributed by atoms with Crippen molar-refractivity contribution in [1.82, 2.24) is 0 Å². The first-order valence-electron chi connectivity index (χ1n) is 29.1. The second-order valence-electron chi connectivity index (χ2n) is 21.5. The zero-order valence-electron chi connectivity index (χ0n) is 44.8. The Morgan fingerprint density at radius 1 is 0.308 bits per heavy atom. The van der Waals surface area contributed by atoms with Crippen LogP contribution >= 0.6 is 0 Å². The Hall–Kier alpha value is -1.59. The topological polar surface area (TPSA) is 78.9 Å². The van der Waals surface area contributed by atoms with Crippen molar-refractivity contribution in [3.05, 3.63) is 0 Å². The van der Waals surface area contributed by atoms with Gasteiger partial charge < -0.3 is 14.2 Å². The molecule has 0 aliphatic rings. The van der Waals surface area contributed by atoms with Gasteiger partial charge in [-0.1, -0.05) is 286 Å². The molecule has 0 heterocycles. The van der Waals surface area contributed by atoms with E-state index < -0.39 is 6.10 Å². The summed E-state index contributed by atoms with van der Waals surface area (Å²) in [4.78, 5) is 38.1. The lowest BCUT2D eigenvalue weighted by molar-refractivity contribution is -0.167. The molecule has 0 spiro atoms. The average Bonchev–Trinajstić information content (AvgIpc) is 3.28. The van der Waals surface area contributed by atoms with Crippen LogP contribution in [0, 0.1) is 17.8 Å². The van der Waals surface area contributed by atoms with Crippen molar-refractivity contribution in [2.75, 3.05) is 13.2 Å². The molecule has 0 fully saturated rings. The predicted molar refractivity (Wildman–Crippen MR) is 279 cm³/mol. The number of esters is 3. The highest BCUT2D eigenvalue weighted by atomic mass is 16.6. The van der Waals surface area contributed by atoms with Crippen molar-refractivity contribution in [3.8, 4) is 0 Å². The minimum Gasteiger partial charge on any atom is -0.462 e. The van der Waals surface area contributed by atoms with Gasteiger partial charge in [0.2, 0.25) is 0 Å². The predicted octanol–water partition coefficient (Wildman–Crippen LogP) is 19.1. The molecule has 1 unspecified atom stereocenters. The maximum atomic E-state index is 12.9. The average molecular weight is 920 g/mol. The molecule has 0 amide bonds. The van der Waals surface area contributed by atoms with E-state index >= 15 is 0 Å². The molecule has 386 valence electrons. The highest BCUT2D eigenvalue weighted by Gasteiger charge is 2.19. The minimum atomic E-state index is -0.764. The summed E-state index contributed by atoms with van der Waals surface area (Å²) in [6.45, 7) is 13.8. The van der Waals surface area contributed by atoms with Crippen LogP contribution in [0.2, 0.25) is 0 Å². The van der Waals surface area contributed by atoms with Crippen LogP contribution in [-0.2, 0) is 28.6 Å². The molecule has 0 aliphatic carbocycles. The van der Waals surface area contributed by atoms with Crippen molar-refractivity contribution in [1.29, 1.82) is 0 Å². The number of carbonyl (C=O) groups is 3. The van der Waals surface area contributed by atoms with Gasteiger partial charge in [-0.15, -0.1) is 0 Å². The van der Waals surface area contributed by atoms with Gasteiger partial charge in [0, 0.05) is 19.3 Å². The van der Waals surface area contributed by atoms with Crippen LogP contribution in [0.1, 0.15) is 324 Å². The van der Waals surface area contributed by atoms with E-state index in [0.29, 0.717) is 19.3 Å². The van der Waals surface area contributed by atoms with Crippen LogP contribution in [0.15, 0.2) is 0 Å². The van der Waals surface area contributed by atoms with Gasteiger partial charge >= 0.3 is 17.9 Å². The summed E-state index contributed by atoms with van der Waals surface area (Å²) in [5, 5.41) is 0. The molecule has 0 saturated heterocycles. The largest absolute Gasteiger partial charge is 0.462 e. The van der Waals surface area contributed by atoms with E-state index in [-0.39, 0.29) is 31.1 Å². The number of ether oxygens (including phenoxy) is 3. The maximum Gasteiger partial charge on any atom is 0.306 e. The van der Waals surface area contributed by atoms with Gasteiger partial charge in [-0.25, -0.2) is 0 Å². The summed E-state index contributed by atoms with van der Waals surface area (Å²) < 4.78 is 16.9. The minimum absolute atomic E-state index is 0.0636. The molecule has 65 heavy (non-hydrogen) atoms. The van der Waals surface area contributed by atoms with Crippen molar-refractivity contribution in [2.24, 2.45) is 17.8 Å². The Morgan fingerprint density at radius 2 is 0.538 bits per heavy atom. The summed E-state index contributed by atoms with van der Waals surface area (Å²) >= 11 is 0. The second-order valence-corrected chi connectivity index (χ2v) is 21.5. The normalized spacial score (nSPS) is 12.6. The molecule has 0 aliphatic heterocycles. The summed E-state index contributed by atoms with van der Waals surface area (Å²) in [6, 6.07) is 0. The Kier molecular flexibility index (Phi) is 49.1. The van der Waals surface area contributed by atoms with E-state index in [4.69, 9.17) is 14.2 Å². The lowest BCUT2D eigenvalue weighted by Gasteiger charge is -2.18. The molecule has 0 aromatic heterocycles. The first-order valence-corrected chi connectivity index (χ1v) is 29.1. The number of rotatable bonds is 52. The summed E-state index contributed by atoms with van der Waals surface area (Å²) in [5.74, 6) is 1.70. The number of carbonyl (C=O) groups excluding carboxylic acids is 3. The summed E-state index contributed by atoms with van der Waals surface area (Å²) in [6.07, 6.45) is 52.3. The highest BCUT2D eigenvalue weighted by Crippen LogP contribution is 2.19. The van der Waals surface area contributed by atoms with E-state index in [0.717, 1.165) is 75.5 Å². The van der Waals surface area contributed by atoms with Crippen LogP contribution < -0.4 is 0 Å². The third kappa shape index (κ3) is 51.6. The summed E-state index contributed by atoms with van der Waals surface area (Å²) in [5.41, 5.74) is 0. The van der Waals surface area contributed by atoms with E-state index in [9.17, 15) is 14.4 Å². The molecule has 0 aromatic carbocycles. The lowest BCUT2D eigenvalue weighted by atomic mass is 9.99. The highest BCUT2D eigenvalue weighted by molar-refractivity contribution is 5.71. The number of unbranched alkanes of at least 4 members (excludes halogenated alkanes) is 34. The Morgan fingerprint density at radius 3 is 0.800 bits per heavy atom. The van der Waals surface area contributed by atoms with Crippen molar-refractivity contribution in [3.63, 3.8) is 0 Å². The Balaban J connectivity index is 4.29. The lowest BCUT2D eigenvalue weighted by Crippen LogP contribution is -2.30. The van der Waals surface area contributed by atoms with E-state index in [1.165, 1.54) is 205 Å². The molecule has 0 rings (SSSR count). The molecule has 0 bridgehead atoms. The fourth-order valence-corrected chi connectivity index (χ4v) is 8.97. The first kappa shape index (κ1) is 63.4. The number of hydrogen-bond acceptors (Lipinski definition) is 6. The molecular weight excluding hydrogens is 805 g/mol. The van der Waals surface area contributed by atoms with E-state index in [1.807, 2.05) is 0 Å². The van der Waals surface area contributed by atoms with Gasteiger partial charge in [0.25, 0.3) is 0 Å². The van der Waals surface area contributed by atoms with Gasteiger partial charge in [0.05, 0.1) is 0 Å². The molecule has 0 radical (unpaired) electrons. The molecular formula is C59H114O6. The standard InChI is InChI=1S/C59H114O6/c1-7-55(6)47-41-35-29-23-17-13-9-11-14-18-24-30-36-42-48-57(60)63-51-56(52-64-58(61)49-43-37-31-26-20-22-28-34-40-46-54(4)5)65-59(62)50-44-38-32-25-19-15-10-8-12-16-21-27-33-39-45-53(2)3/h53-56H,7-52H2,1-6H3/t55?,56-/m0/s1. The third-order valence-corrected chi connectivity index (χ3v) is 13.8. The fraction of sp³-hybridized carbons (Fsp3) is 0.949. The molecule has 0 N–H and O–H groups in total.